The highest BCUT2D eigenvalue weighted by molar-refractivity contribution is 6.20. The van der Waals surface area contributed by atoms with Crippen LogP contribution in [-0.2, 0) is 0 Å². The fraction of sp³-hybridized carbons (Fsp3) is 0.143. The van der Waals surface area contributed by atoms with E-state index in [1.807, 2.05) is 61.5 Å². The summed E-state index contributed by atoms with van der Waals surface area (Å²) in [5.41, 5.74) is 1.10. The average molecular weight is 233 g/mol. The second kappa shape index (κ2) is 5.04. The summed E-state index contributed by atoms with van der Waals surface area (Å²) < 4.78 is 5.67. The Balaban J connectivity index is 2.11. The van der Waals surface area contributed by atoms with Crippen LogP contribution in [0.3, 0.4) is 0 Å². The minimum atomic E-state index is 0.0331. The van der Waals surface area contributed by atoms with E-state index in [1.54, 1.807) is 0 Å². The Morgan fingerprint density at radius 2 is 1.44 bits per heavy atom. The average Bonchev–Trinajstić information content (AvgIpc) is 2.31. The van der Waals surface area contributed by atoms with Crippen LogP contribution in [0, 0.1) is 0 Å². The van der Waals surface area contributed by atoms with Crippen molar-refractivity contribution in [1.29, 1.82) is 0 Å². The van der Waals surface area contributed by atoms with E-state index in [9.17, 15) is 0 Å². The topological polar surface area (TPSA) is 9.23 Å². The molecular weight excluding hydrogens is 220 g/mol. The van der Waals surface area contributed by atoms with Gasteiger partial charge in [0.15, 0.2) is 0 Å². The van der Waals surface area contributed by atoms with Crippen molar-refractivity contribution in [1.82, 2.24) is 0 Å². The van der Waals surface area contributed by atoms with E-state index in [1.165, 1.54) is 0 Å². The normalized spacial score (nSPS) is 12.1. The number of alkyl halides is 1. The highest BCUT2D eigenvalue weighted by Crippen LogP contribution is 2.25. The summed E-state index contributed by atoms with van der Waals surface area (Å²) in [6.45, 7) is 1.95. The fourth-order valence-electron chi connectivity index (χ4n) is 1.43. The van der Waals surface area contributed by atoms with E-state index >= 15 is 0 Å². The summed E-state index contributed by atoms with van der Waals surface area (Å²) in [5.74, 6) is 1.67. The zero-order valence-electron chi connectivity index (χ0n) is 9.06. The molecule has 0 radical (unpaired) electrons. The van der Waals surface area contributed by atoms with Gasteiger partial charge in [0.2, 0.25) is 0 Å². The quantitative estimate of drug-likeness (QED) is 0.692. The van der Waals surface area contributed by atoms with Crippen molar-refractivity contribution < 1.29 is 4.74 Å². The maximum atomic E-state index is 5.97. The van der Waals surface area contributed by atoms with Crippen LogP contribution in [-0.4, -0.2) is 0 Å². The lowest BCUT2D eigenvalue weighted by Gasteiger charge is -2.07. The third-order valence-corrected chi connectivity index (χ3v) is 2.57. The second-order valence-electron chi connectivity index (χ2n) is 3.60. The van der Waals surface area contributed by atoms with Crippen LogP contribution in [0.4, 0.5) is 0 Å². The molecule has 0 saturated carbocycles. The number of hydrogen-bond donors (Lipinski definition) is 0. The van der Waals surface area contributed by atoms with Crippen LogP contribution in [0.2, 0.25) is 0 Å². The zero-order valence-corrected chi connectivity index (χ0v) is 9.82. The van der Waals surface area contributed by atoms with Gasteiger partial charge in [0.1, 0.15) is 11.5 Å². The van der Waals surface area contributed by atoms with Crippen molar-refractivity contribution in [2.24, 2.45) is 0 Å². The third-order valence-electron chi connectivity index (χ3n) is 2.32. The van der Waals surface area contributed by atoms with Gasteiger partial charge in [0.05, 0.1) is 5.38 Å². The molecule has 0 fully saturated rings. The molecule has 0 aliphatic heterocycles. The van der Waals surface area contributed by atoms with Crippen LogP contribution in [0.5, 0.6) is 11.5 Å². The van der Waals surface area contributed by atoms with Crippen molar-refractivity contribution in [2.45, 2.75) is 12.3 Å². The Bertz CT molecular complexity index is 434. The Kier molecular flexibility index (Phi) is 3.47. The standard InChI is InChI=1S/C14H13ClO/c1-11(15)12-7-9-14(10-8-12)16-13-5-3-2-4-6-13/h2-11H,1H3/t11-/m0/s1. The predicted molar refractivity (Wildman–Crippen MR) is 67.2 cm³/mol. The second-order valence-corrected chi connectivity index (χ2v) is 4.25. The smallest absolute Gasteiger partial charge is 0.127 e. The molecule has 82 valence electrons. The molecule has 0 aliphatic carbocycles. The van der Waals surface area contributed by atoms with Crippen molar-refractivity contribution in [3.63, 3.8) is 0 Å². The molecule has 2 heteroatoms. The highest BCUT2D eigenvalue weighted by Gasteiger charge is 2.01. The Morgan fingerprint density at radius 1 is 0.875 bits per heavy atom. The van der Waals surface area contributed by atoms with Gasteiger partial charge in [-0.15, -0.1) is 11.6 Å². The first-order valence-electron chi connectivity index (χ1n) is 5.22. The van der Waals surface area contributed by atoms with Gasteiger partial charge in [0.25, 0.3) is 0 Å². The molecule has 2 rings (SSSR count). The van der Waals surface area contributed by atoms with E-state index in [-0.39, 0.29) is 5.38 Å². The maximum absolute atomic E-state index is 5.97. The van der Waals surface area contributed by atoms with E-state index in [0.29, 0.717) is 0 Å². The summed E-state index contributed by atoms with van der Waals surface area (Å²) in [5, 5.41) is 0.0331. The van der Waals surface area contributed by atoms with Gasteiger partial charge in [-0.3, -0.25) is 0 Å². The van der Waals surface area contributed by atoms with Gasteiger partial charge in [0, 0.05) is 0 Å². The number of hydrogen-bond acceptors (Lipinski definition) is 1. The fourth-order valence-corrected chi connectivity index (χ4v) is 1.57. The van der Waals surface area contributed by atoms with Crippen LogP contribution in [0.15, 0.2) is 54.6 Å². The lowest BCUT2D eigenvalue weighted by atomic mass is 10.1. The van der Waals surface area contributed by atoms with E-state index < -0.39 is 0 Å². The Morgan fingerprint density at radius 3 is 2.00 bits per heavy atom. The molecule has 0 aliphatic rings. The van der Waals surface area contributed by atoms with Crippen molar-refractivity contribution in [3.8, 4) is 11.5 Å². The summed E-state index contributed by atoms with van der Waals surface area (Å²) in [4.78, 5) is 0. The summed E-state index contributed by atoms with van der Waals surface area (Å²) in [7, 11) is 0. The van der Waals surface area contributed by atoms with Crippen molar-refractivity contribution >= 4 is 11.6 Å². The number of benzene rings is 2. The molecule has 1 nitrogen and oxygen atoms in total. The number of halogens is 1. The van der Waals surface area contributed by atoms with Crippen LogP contribution >= 0.6 is 11.6 Å². The molecule has 2 aromatic rings. The zero-order chi connectivity index (χ0) is 11.4. The van der Waals surface area contributed by atoms with Gasteiger partial charge in [-0.1, -0.05) is 30.3 Å². The van der Waals surface area contributed by atoms with Crippen molar-refractivity contribution in [2.75, 3.05) is 0 Å². The van der Waals surface area contributed by atoms with Crippen LogP contribution in [0.1, 0.15) is 17.9 Å². The maximum Gasteiger partial charge on any atom is 0.127 e. The lowest BCUT2D eigenvalue weighted by Crippen LogP contribution is -1.86. The number of para-hydroxylation sites is 1. The first-order valence-corrected chi connectivity index (χ1v) is 5.66. The Hall–Kier alpha value is -1.47. The van der Waals surface area contributed by atoms with Crippen LogP contribution in [0.25, 0.3) is 0 Å². The van der Waals surface area contributed by atoms with E-state index in [4.69, 9.17) is 16.3 Å². The number of ether oxygens (including phenoxy) is 1. The molecule has 2 aromatic carbocycles. The monoisotopic (exact) mass is 232 g/mol. The molecule has 0 spiro atoms. The number of rotatable bonds is 3. The van der Waals surface area contributed by atoms with Crippen molar-refractivity contribution in [3.05, 3.63) is 60.2 Å². The molecule has 0 unspecified atom stereocenters. The molecule has 1 atom stereocenters. The van der Waals surface area contributed by atoms with Gasteiger partial charge in [-0.05, 0) is 36.8 Å². The highest BCUT2D eigenvalue weighted by atomic mass is 35.5. The molecule has 0 amide bonds. The first-order chi connectivity index (χ1) is 7.75. The van der Waals surface area contributed by atoms with E-state index in [0.717, 1.165) is 17.1 Å². The predicted octanol–water partition coefficient (Wildman–Crippen LogP) is 4.78. The minimum Gasteiger partial charge on any atom is -0.457 e. The summed E-state index contributed by atoms with van der Waals surface area (Å²) in [6, 6.07) is 17.5. The molecule has 0 N–H and O–H groups in total. The molecule has 0 heterocycles. The van der Waals surface area contributed by atoms with Gasteiger partial charge >= 0.3 is 0 Å². The minimum absolute atomic E-state index is 0.0331. The largest absolute Gasteiger partial charge is 0.457 e. The summed E-state index contributed by atoms with van der Waals surface area (Å²) >= 11 is 5.97. The van der Waals surface area contributed by atoms with Gasteiger partial charge in [-0.25, -0.2) is 0 Å². The molecule has 0 aromatic heterocycles. The third kappa shape index (κ3) is 2.77. The SMILES string of the molecule is C[C@H](Cl)c1ccc(Oc2ccccc2)cc1. The molecular formula is C14H13ClO. The summed E-state index contributed by atoms with van der Waals surface area (Å²) in [6.07, 6.45) is 0. The van der Waals surface area contributed by atoms with Crippen LogP contribution < -0.4 is 4.74 Å². The molecule has 16 heavy (non-hydrogen) atoms. The first kappa shape index (κ1) is 11.0. The van der Waals surface area contributed by atoms with Gasteiger partial charge in [-0.2, -0.15) is 0 Å². The Labute approximate surface area is 101 Å². The molecule has 0 saturated heterocycles. The van der Waals surface area contributed by atoms with E-state index in [2.05, 4.69) is 0 Å². The van der Waals surface area contributed by atoms with Gasteiger partial charge < -0.3 is 4.74 Å². The lowest BCUT2D eigenvalue weighted by molar-refractivity contribution is 0.482. The molecule has 0 bridgehead atoms.